The Morgan fingerprint density at radius 3 is 2.83 bits per heavy atom. The van der Waals surface area contributed by atoms with Crippen molar-refractivity contribution in [2.24, 2.45) is 11.8 Å². The van der Waals surface area contributed by atoms with Gasteiger partial charge in [0.15, 0.2) is 11.9 Å². The Hall–Kier alpha value is -1.47. The summed E-state index contributed by atoms with van der Waals surface area (Å²) < 4.78 is 22.7. The summed E-state index contributed by atoms with van der Waals surface area (Å²) in [5, 5.41) is 9.61. The predicted molar refractivity (Wildman–Crippen MR) is 78.3 cm³/mol. The van der Waals surface area contributed by atoms with Crippen LogP contribution in [0.15, 0.2) is 30.3 Å². The second-order valence-electron chi connectivity index (χ2n) is 6.39. The van der Waals surface area contributed by atoms with Gasteiger partial charge in [0.2, 0.25) is 0 Å². The molecule has 4 rings (SSSR count). The first-order valence-electron chi connectivity index (χ1n) is 7.88. The molecule has 6 atom stereocenters. The van der Waals surface area contributed by atoms with Crippen LogP contribution in [0.4, 0.5) is 0 Å². The minimum atomic E-state index is -1.13. The highest BCUT2D eigenvalue weighted by atomic mass is 16.7. The summed E-state index contributed by atoms with van der Waals surface area (Å²) in [4.78, 5) is 12.6. The van der Waals surface area contributed by atoms with Crippen molar-refractivity contribution >= 4 is 5.97 Å². The number of ether oxygens (including phenoxy) is 4. The second kappa shape index (κ2) is 5.56. The molecule has 2 aliphatic heterocycles. The number of aliphatic hydroxyl groups excluding tert-OH is 1. The fourth-order valence-electron chi connectivity index (χ4n) is 3.94. The van der Waals surface area contributed by atoms with Crippen molar-refractivity contribution < 1.29 is 28.8 Å². The van der Waals surface area contributed by atoms with E-state index in [1.165, 1.54) is 7.11 Å². The molecule has 0 bridgehead atoms. The number of hydrogen-bond acceptors (Lipinski definition) is 6. The van der Waals surface area contributed by atoms with E-state index in [0.29, 0.717) is 13.0 Å². The molecule has 124 valence electrons. The van der Waals surface area contributed by atoms with Crippen molar-refractivity contribution in [3.63, 3.8) is 0 Å². The summed E-state index contributed by atoms with van der Waals surface area (Å²) in [5.74, 6) is -0.744. The first kappa shape index (κ1) is 15.1. The number of carbonyl (C=O) groups is 1. The molecule has 0 amide bonds. The Morgan fingerprint density at radius 2 is 2.13 bits per heavy atom. The number of aliphatic hydroxyl groups is 1. The number of hydrogen-bond donors (Lipinski definition) is 1. The maximum Gasteiger partial charge on any atom is 0.338 e. The van der Waals surface area contributed by atoms with E-state index >= 15 is 0 Å². The molecule has 0 radical (unpaired) electrons. The third-order valence-electron chi connectivity index (χ3n) is 5.17. The normalized spacial score (nSPS) is 41.6. The fraction of sp³-hybridized carbons (Fsp3) is 0.588. The van der Waals surface area contributed by atoms with Crippen LogP contribution >= 0.6 is 0 Å². The van der Waals surface area contributed by atoms with Gasteiger partial charge < -0.3 is 24.1 Å². The Balaban J connectivity index is 1.67. The van der Waals surface area contributed by atoms with Crippen LogP contribution in [0.3, 0.4) is 0 Å². The Morgan fingerprint density at radius 1 is 1.35 bits per heavy atom. The molecule has 1 aromatic rings. The number of methoxy groups -OCH3 is 1. The van der Waals surface area contributed by atoms with E-state index in [-0.39, 0.29) is 30.7 Å². The van der Waals surface area contributed by atoms with Gasteiger partial charge in [-0.2, -0.15) is 0 Å². The Kier molecular flexibility index (Phi) is 3.65. The summed E-state index contributed by atoms with van der Waals surface area (Å²) in [6, 6.07) is 9.51. The highest BCUT2D eigenvalue weighted by molar-refractivity contribution is 5.81. The number of carbonyl (C=O) groups excluding carboxylic acids is 1. The van der Waals surface area contributed by atoms with E-state index in [1.807, 2.05) is 30.3 Å². The van der Waals surface area contributed by atoms with Crippen LogP contribution in [-0.2, 0) is 23.7 Å². The summed E-state index contributed by atoms with van der Waals surface area (Å²) in [6.45, 7) is 0.334. The molecular weight excluding hydrogens is 300 g/mol. The second-order valence-corrected chi connectivity index (χ2v) is 6.39. The van der Waals surface area contributed by atoms with Gasteiger partial charge in [-0.15, -0.1) is 0 Å². The Bertz CT molecular complexity index is 590. The molecule has 2 saturated heterocycles. The van der Waals surface area contributed by atoms with Crippen LogP contribution < -0.4 is 0 Å². The lowest BCUT2D eigenvalue weighted by molar-refractivity contribution is -0.295. The lowest BCUT2D eigenvalue weighted by Crippen LogP contribution is -2.60. The lowest BCUT2D eigenvalue weighted by atomic mass is 9.70. The number of epoxide rings is 1. The van der Waals surface area contributed by atoms with E-state index in [4.69, 9.17) is 18.9 Å². The molecule has 6 nitrogen and oxygen atoms in total. The maximum atomic E-state index is 12.6. The first-order valence-corrected chi connectivity index (χ1v) is 7.88. The summed E-state index contributed by atoms with van der Waals surface area (Å²) >= 11 is 0. The van der Waals surface area contributed by atoms with Crippen LogP contribution in [0, 0.1) is 11.8 Å². The van der Waals surface area contributed by atoms with Gasteiger partial charge in [0.05, 0.1) is 31.8 Å². The molecule has 23 heavy (non-hydrogen) atoms. The fourth-order valence-corrected chi connectivity index (χ4v) is 3.94. The minimum absolute atomic E-state index is 0.0109. The molecule has 0 unspecified atom stereocenters. The van der Waals surface area contributed by atoms with Gasteiger partial charge in [-0.05, 0) is 6.42 Å². The van der Waals surface area contributed by atoms with Crippen molar-refractivity contribution in [2.45, 2.75) is 30.5 Å². The SMILES string of the molecule is COC(=O)[C@]12C[C@@H](CO)[C@H]3O[C@H]3[C@H]1CO[C@@H](c1ccccc1)O2. The molecule has 0 spiro atoms. The van der Waals surface area contributed by atoms with Crippen molar-refractivity contribution in [1.82, 2.24) is 0 Å². The van der Waals surface area contributed by atoms with Crippen LogP contribution in [0.25, 0.3) is 0 Å². The lowest BCUT2D eigenvalue weighted by Gasteiger charge is -2.47. The van der Waals surface area contributed by atoms with Crippen molar-refractivity contribution in [3.8, 4) is 0 Å². The molecule has 1 N–H and O–H groups in total. The van der Waals surface area contributed by atoms with Crippen LogP contribution in [0.2, 0.25) is 0 Å². The van der Waals surface area contributed by atoms with Gasteiger partial charge in [0.25, 0.3) is 0 Å². The van der Waals surface area contributed by atoms with Gasteiger partial charge in [0, 0.05) is 18.1 Å². The average molecular weight is 320 g/mol. The van der Waals surface area contributed by atoms with Crippen LogP contribution in [0.1, 0.15) is 18.3 Å². The molecule has 2 heterocycles. The predicted octanol–water partition coefficient (Wildman–Crippen LogP) is 1.04. The summed E-state index contributed by atoms with van der Waals surface area (Å²) in [7, 11) is 1.36. The Labute approximate surface area is 134 Å². The zero-order valence-electron chi connectivity index (χ0n) is 12.9. The van der Waals surface area contributed by atoms with Crippen molar-refractivity contribution in [2.75, 3.05) is 20.3 Å². The zero-order chi connectivity index (χ0) is 16.0. The largest absolute Gasteiger partial charge is 0.467 e. The van der Waals surface area contributed by atoms with Crippen molar-refractivity contribution in [3.05, 3.63) is 35.9 Å². The molecule has 3 fully saturated rings. The number of rotatable bonds is 3. The summed E-state index contributed by atoms with van der Waals surface area (Å²) in [6.07, 6.45) is -0.365. The highest BCUT2D eigenvalue weighted by Gasteiger charge is 2.68. The van der Waals surface area contributed by atoms with Crippen LogP contribution in [-0.4, -0.2) is 49.2 Å². The molecule has 3 aliphatic rings. The first-order chi connectivity index (χ1) is 11.2. The third-order valence-corrected chi connectivity index (χ3v) is 5.17. The number of benzene rings is 1. The number of esters is 1. The van der Waals surface area contributed by atoms with E-state index < -0.39 is 17.9 Å². The standard InChI is InChI=1S/C17H20O6/c1-20-16(19)17-7-11(8-18)13-14(22-13)12(17)9-21-15(23-17)10-5-3-2-4-6-10/h2-6,11-15,18H,7-9H2,1H3/t11-,12+,13+,14-,15+,17-/m0/s1. The van der Waals surface area contributed by atoms with Gasteiger partial charge >= 0.3 is 5.97 Å². The minimum Gasteiger partial charge on any atom is -0.467 e. The molecule has 1 saturated carbocycles. The van der Waals surface area contributed by atoms with E-state index in [2.05, 4.69) is 0 Å². The monoisotopic (exact) mass is 320 g/mol. The summed E-state index contributed by atoms with van der Waals surface area (Å²) in [5.41, 5.74) is -0.271. The highest BCUT2D eigenvalue weighted by Crippen LogP contribution is 2.54. The maximum absolute atomic E-state index is 12.6. The molecule has 6 heteroatoms. The van der Waals surface area contributed by atoms with Crippen molar-refractivity contribution in [1.29, 1.82) is 0 Å². The quantitative estimate of drug-likeness (QED) is 0.662. The topological polar surface area (TPSA) is 77.5 Å². The molecule has 1 aliphatic carbocycles. The molecular formula is C17H20O6. The smallest absolute Gasteiger partial charge is 0.338 e. The van der Waals surface area contributed by atoms with Crippen LogP contribution in [0.5, 0.6) is 0 Å². The zero-order valence-corrected chi connectivity index (χ0v) is 12.9. The van der Waals surface area contributed by atoms with Gasteiger partial charge in [-0.1, -0.05) is 30.3 Å². The van der Waals surface area contributed by atoms with Gasteiger partial charge in [-0.3, -0.25) is 0 Å². The third kappa shape index (κ3) is 2.29. The van der Waals surface area contributed by atoms with E-state index in [9.17, 15) is 9.90 Å². The average Bonchev–Trinajstić information content (AvgIpc) is 3.41. The van der Waals surface area contributed by atoms with E-state index in [0.717, 1.165) is 5.56 Å². The molecule has 0 aromatic heterocycles. The van der Waals surface area contributed by atoms with Gasteiger partial charge in [-0.25, -0.2) is 4.79 Å². The molecule has 1 aromatic carbocycles. The number of fused-ring (bicyclic) bond motifs is 3. The van der Waals surface area contributed by atoms with Gasteiger partial charge in [0.1, 0.15) is 0 Å². The van der Waals surface area contributed by atoms with E-state index in [1.54, 1.807) is 0 Å².